The number of sulfonamides is 1. The Hall–Kier alpha value is -3.04. The van der Waals surface area contributed by atoms with E-state index in [1.165, 1.54) is 53.6 Å². The summed E-state index contributed by atoms with van der Waals surface area (Å²) in [6.45, 7) is 0. The van der Waals surface area contributed by atoms with E-state index < -0.39 is 15.9 Å². The van der Waals surface area contributed by atoms with E-state index in [-0.39, 0.29) is 4.90 Å². The smallest absolute Gasteiger partial charge is 0.248 e. The van der Waals surface area contributed by atoms with Gasteiger partial charge in [0.05, 0.1) is 26.2 Å². The number of carbonyl (C=O) groups is 1. The van der Waals surface area contributed by atoms with E-state index in [0.29, 0.717) is 28.5 Å². The van der Waals surface area contributed by atoms with Crippen molar-refractivity contribution in [1.82, 2.24) is 4.31 Å². The second-order valence-electron chi connectivity index (χ2n) is 6.10. The molecule has 0 spiro atoms. The molecule has 0 atom stereocenters. The molecule has 1 N–H and O–H groups in total. The monoisotopic (exact) mass is 420 g/mol. The third-order valence-electron chi connectivity index (χ3n) is 3.99. The number of benzene rings is 2. The van der Waals surface area contributed by atoms with Crippen LogP contribution in [0.25, 0.3) is 6.08 Å². The maximum atomic E-state index is 12.3. The number of nitrogens with zero attached hydrogens (tertiary/aromatic N) is 1. The molecule has 2 aromatic rings. The van der Waals surface area contributed by atoms with Gasteiger partial charge in [-0.1, -0.05) is 6.07 Å². The molecule has 0 heterocycles. The van der Waals surface area contributed by atoms with Crippen LogP contribution in [0.15, 0.2) is 47.4 Å². The van der Waals surface area contributed by atoms with E-state index in [9.17, 15) is 13.2 Å². The van der Waals surface area contributed by atoms with E-state index in [0.717, 1.165) is 4.31 Å². The third kappa shape index (κ3) is 5.27. The summed E-state index contributed by atoms with van der Waals surface area (Å²) in [6, 6.07) is 9.46. The molecular formula is C20H24N2O6S. The lowest BCUT2D eigenvalue weighted by molar-refractivity contribution is -0.111. The summed E-state index contributed by atoms with van der Waals surface area (Å²) < 4.78 is 41.4. The molecule has 0 bridgehead atoms. The molecule has 0 aliphatic rings. The van der Waals surface area contributed by atoms with Crippen LogP contribution in [0.5, 0.6) is 17.2 Å². The standard InChI is InChI=1S/C20H24N2O6S/c1-22(2)29(24,25)16-8-6-7-15(13-16)21-19(23)10-9-14-11-17(26-3)20(28-5)18(12-14)27-4/h6-13H,1-5H3,(H,21,23). The van der Waals surface area contributed by atoms with Gasteiger partial charge >= 0.3 is 0 Å². The Labute approximate surface area is 170 Å². The molecule has 0 radical (unpaired) electrons. The lowest BCUT2D eigenvalue weighted by atomic mass is 10.1. The van der Waals surface area contributed by atoms with Gasteiger partial charge in [-0.05, 0) is 42.0 Å². The van der Waals surface area contributed by atoms with Gasteiger partial charge in [-0.25, -0.2) is 12.7 Å². The Morgan fingerprint density at radius 2 is 1.62 bits per heavy atom. The molecule has 2 rings (SSSR count). The number of amides is 1. The van der Waals surface area contributed by atoms with Crippen molar-refractivity contribution in [1.29, 1.82) is 0 Å². The van der Waals surface area contributed by atoms with Crippen molar-refractivity contribution in [3.8, 4) is 17.2 Å². The number of ether oxygens (including phenoxy) is 3. The van der Waals surface area contributed by atoms with Crippen LogP contribution in [0.4, 0.5) is 5.69 Å². The SMILES string of the molecule is COc1cc(C=CC(=O)Nc2cccc(S(=O)(=O)N(C)C)c2)cc(OC)c1OC. The molecule has 1 amide bonds. The molecule has 8 nitrogen and oxygen atoms in total. The zero-order valence-electron chi connectivity index (χ0n) is 16.9. The first-order valence-corrected chi connectivity index (χ1v) is 9.98. The lowest BCUT2D eigenvalue weighted by Gasteiger charge is -2.13. The molecule has 156 valence electrons. The fraction of sp³-hybridized carbons (Fsp3) is 0.250. The predicted octanol–water partition coefficient (Wildman–Crippen LogP) is 2.61. The molecule has 0 saturated carbocycles. The topological polar surface area (TPSA) is 94.2 Å². The van der Waals surface area contributed by atoms with Crippen LogP contribution in [0.3, 0.4) is 0 Å². The quantitative estimate of drug-likeness (QED) is 0.660. The average molecular weight is 420 g/mol. The molecule has 0 aromatic heterocycles. The number of nitrogens with one attached hydrogen (secondary N) is 1. The first-order chi connectivity index (χ1) is 13.7. The summed E-state index contributed by atoms with van der Waals surface area (Å²) >= 11 is 0. The number of hydrogen-bond donors (Lipinski definition) is 1. The van der Waals surface area contributed by atoms with E-state index >= 15 is 0 Å². The van der Waals surface area contributed by atoms with E-state index in [1.54, 1.807) is 30.3 Å². The number of hydrogen-bond acceptors (Lipinski definition) is 6. The average Bonchev–Trinajstić information content (AvgIpc) is 2.71. The van der Waals surface area contributed by atoms with Gasteiger partial charge in [0, 0.05) is 25.9 Å². The second kappa shape index (κ2) is 9.44. The molecule has 0 saturated heterocycles. The highest BCUT2D eigenvalue weighted by Crippen LogP contribution is 2.38. The fourth-order valence-electron chi connectivity index (χ4n) is 2.50. The van der Waals surface area contributed by atoms with Crippen molar-refractivity contribution < 1.29 is 27.4 Å². The molecule has 0 unspecified atom stereocenters. The molecule has 9 heteroatoms. The van der Waals surface area contributed by atoms with Crippen molar-refractivity contribution in [3.63, 3.8) is 0 Å². The summed E-state index contributed by atoms with van der Waals surface area (Å²) in [5, 5.41) is 2.65. The molecule has 0 fully saturated rings. The highest BCUT2D eigenvalue weighted by molar-refractivity contribution is 7.89. The van der Waals surface area contributed by atoms with Gasteiger partial charge in [-0.15, -0.1) is 0 Å². The van der Waals surface area contributed by atoms with Gasteiger partial charge in [0.2, 0.25) is 21.7 Å². The summed E-state index contributed by atoms with van der Waals surface area (Å²) in [6.07, 6.45) is 2.91. The van der Waals surface area contributed by atoms with Crippen LogP contribution in [0, 0.1) is 0 Å². The lowest BCUT2D eigenvalue weighted by Crippen LogP contribution is -2.22. The first-order valence-electron chi connectivity index (χ1n) is 8.54. The number of rotatable bonds is 8. The predicted molar refractivity (Wildman–Crippen MR) is 111 cm³/mol. The minimum atomic E-state index is -3.59. The summed E-state index contributed by atoms with van der Waals surface area (Å²) in [7, 11) is 3.82. The Bertz CT molecular complexity index is 990. The van der Waals surface area contributed by atoms with Gasteiger partial charge in [0.15, 0.2) is 11.5 Å². The molecular weight excluding hydrogens is 396 g/mol. The van der Waals surface area contributed by atoms with Crippen molar-refractivity contribution in [2.24, 2.45) is 0 Å². The van der Waals surface area contributed by atoms with Gasteiger partial charge in [-0.2, -0.15) is 0 Å². The number of anilines is 1. The minimum absolute atomic E-state index is 0.0916. The summed E-state index contributed by atoms with van der Waals surface area (Å²) in [5.41, 5.74) is 1.03. The highest BCUT2D eigenvalue weighted by Gasteiger charge is 2.17. The van der Waals surface area contributed by atoms with Gasteiger partial charge in [0.1, 0.15) is 0 Å². The van der Waals surface area contributed by atoms with E-state index in [4.69, 9.17) is 14.2 Å². The van der Waals surface area contributed by atoms with Crippen LogP contribution in [-0.2, 0) is 14.8 Å². The van der Waals surface area contributed by atoms with E-state index in [1.807, 2.05) is 0 Å². The number of methoxy groups -OCH3 is 3. The maximum absolute atomic E-state index is 12.3. The van der Waals surface area contributed by atoms with Gasteiger partial charge < -0.3 is 19.5 Å². The summed E-state index contributed by atoms with van der Waals surface area (Å²) in [4.78, 5) is 12.4. The van der Waals surface area contributed by atoms with Gasteiger partial charge in [-0.3, -0.25) is 4.79 Å². The highest BCUT2D eigenvalue weighted by atomic mass is 32.2. The third-order valence-corrected chi connectivity index (χ3v) is 5.81. The van der Waals surface area contributed by atoms with Crippen LogP contribution in [0.1, 0.15) is 5.56 Å². The molecule has 29 heavy (non-hydrogen) atoms. The maximum Gasteiger partial charge on any atom is 0.248 e. The molecule has 2 aromatic carbocycles. The van der Waals surface area contributed by atoms with E-state index in [2.05, 4.69) is 5.32 Å². The Morgan fingerprint density at radius 3 is 2.14 bits per heavy atom. The Morgan fingerprint density at radius 1 is 1.00 bits per heavy atom. The minimum Gasteiger partial charge on any atom is -0.493 e. The second-order valence-corrected chi connectivity index (χ2v) is 8.25. The molecule has 0 aliphatic heterocycles. The normalized spacial score (nSPS) is 11.5. The van der Waals surface area contributed by atoms with Crippen LogP contribution in [0.2, 0.25) is 0 Å². The summed E-state index contributed by atoms with van der Waals surface area (Å²) in [5.74, 6) is 0.968. The number of carbonyl (C=O) groups excluding carboxylic acids is 1. The van der Waals surface area contributed by atoms with Crippen LogP contribution in [-0.4, -0.2) is 54.1 Å². The van der Waals surface area contributed by atoms with Gasteiger partial charge in [0.25, 0.3) is 0 Å². The van der Waals surface area contributed by atoms with Crippen molar-refractivity contribution in [2.75, 3.05) is 40.7 Å². The van der Waals surface area contributed by atoms with Crippen LogP contribution < -0.4 is 19.5 Å². The first kappa shape index (κ1) is 22.3. The Kier molecular flexibility index (Phi) is 7.24. The largest absolute Gasteiger partial charge is 0.493 e. The zero-order chi connectivity index (χ0) is 21.6. The van der Waals surface area contributed by atoms with Crippen molar-refractivity contribution in [2.45, 2.75) is 4.90 Å². The van der Waals surface area contributed by atoms with Crippen molar-refractivity contribution >= 4 is 27.7 Å². The Balaban J connectivity index is 2.21. The molecule has 0 aliphatic carbocycles. The van der Waals surface area contributed by atoms with Crippen LogP contribution >= 0.6 is 0 Å². The van der Waals surface area contributed by atoms with Crippen molar-refractivity contribution in [3.05, 3.63) is 48.0 Å². The zero-order valence-corrected chi connectivity index (χ0v) is 17.7. The fourth-order valence-corrected chi connectivity index (χ4v) is 3.45.